The number of rotatable bonds is 1. The molecule has 1 aliphatic rings. The Hall–Kier alpha value is -2.04. The number of hydrogen-bond acceptors (Lipinski definition) is 3. The number of amides is 3. The molecule has 0 aliphatic carbocycles. The molecule has 2 rings (SSSR count). The molecule has 5 nitrogen and oxygen atoms in total. The van der Waals surface area contributed by atoms with Gasteiger partial charge in [-0.25, -0.2) is 9.69 Å². The molecule has 5 heteroatoms. The van der Waals surface area contributed by atoms with Crippen molar-refractivity contribution in [3.05, 3.63) is 23.8 Å². The Bertz CT molecular complexity index is 457. The molecule has 1 aromatic carbocycles. The maximum atomic E-state index is 11.6. The Morgan fingerprint density at radius 1 is 1.44 bits per heavy atom. The molecule has 0 unspecified atom stereocenters. The first-order valence-electron chi connectivity index (χ1n) is 5.06. The van der Waals surface area contributed by atoms with Crippen LogP contribution in [0, 0.1) is 0 Å². The Kier molecular flexibility index (Phi) is 2.52. The fraction of sp³-hybridized carbons (Fsp3) is 0.273. The van der Waals surface area contributed by atoms with Crippen LogP contribution in [-0.4, -0.2) is 19.0 Å². The Balaban J connectivity index is 2.48. The SMILES string of the molecule is CNc1ccc2c(c1)CCC(=O)N2C(N)=O. The number of nitrogens with one attached hydrogen (secondary N) is 1. The van der Waals surface area contributed by atoms with Crippen molar-refractivity contribution in [1.82, 2.24) is 0 Å². The summed E-state index contributed by atoms with van der Waals surface area (Å²) in [5.41, 5.74) is 7.71. The first-order valence-corrected chi connectivity index (χ1v) is 5.06. The number of anilines is 2. The van der Waals surface area contributed by atoms with E-state index in [2.05, 4.69) is 5.32 Å². The van der Waals surface area contributed by atoms with Crippen LogP contribution in [0.4, 0.5) is 16.2 Å². The molecule has 0 aromatic heterocycles. The minimum atomic E-state index is -0.719. The van der Waals surface area contributed by atoms with Crippen LogP contribution in [0.25, 0.3) is 0 Å². The van der Waals surface area contributed by atoms with Gasteiger partial charge in [0.1, 0.15) is 0 Å². The van der Waals surface area contributed by atoms with Gasteiger partial charge < -0.3 is 11.1 Å². The molecule has 16 heavy (non-hydrogen) atoms. The van der Waals surface area contributed by atoms with E-state index in [0.29, 0.717) is 18.5 Å². The number of hydrogen-bond donors (Lipinski definition) is 2. The maximum Gasteiger partial charge on any atom is 0.326 e. The molecule has 0 radical (unpaired) electrons. The third-order valence-electron chi connectivity index (χ3n) is 2.69. The molecule has 0 spiro atoms. The first-order chi connectivity index (χ1) is 7.63. The van der Waals surface area contributed by atoms with Crippen LogP contribution in [0.3, 0.4) is 0 Å². The van der Waals surface area contributed by atoms with Gasteiger partial charge in [0.25, 0.3) is 0 Å². The molecule has 1 aliphatic heterocycles. The summed E-state index contributed by atoms with van der Waals surface area (Å²) in [5, 5.41) is 3.01. The summed E-state index contributed by atoms with van der Waals surface area (Å²) < 4.78 is 0. The number of fused-ring (bicyclic) bond motifs is 1. The number of benzene rings is 1. The van der Waals surface area contributed by atoms with Crippen LogP contribution in [0.1, 0.15) is 12.0 Å². The van der Waals surface area contributed by atoms with Crippen LogP contribution < -0.4 is 16.0 Å². The highest BCUT2D eigenvalue weighted by molar-refractivity contribution is 6.15. The second kappa shape index (κ2) is 3.84. The second-order valence-electron chi connectivity index (χ2n) is 3.66. The van der Waals surface area contributed by atoms with E-state index in [4.69, 9.17) is 5.73 Å². The van der Waals surface area contributed by atoms with Gasteiger partial charge >= 0.3 is 6.03 Å². The van der Waals surface area contributed by atoms with E-state index >= 15 is 0 Å². The van der Waals surface area contributed by atoms with E-state index in [1.807, 2.05) is 19.2 Å². The summed E-state index contributed by atoms with van der Waals surface area (Å²) in [7, 11) is 1.82. The monoisotopic (exact) mass is 219 g/mol. The highest BCUT2D eigenvalue weighted by Gasteiger charge is 2.27. The highest BCUT2D eigenvalue weighted by Crippen LogP contribution is 2.29. The topological polar surface area (TPSA) is 75.4 Å². The van der Waals surface area contributed by atoms with E-state index < -0.39 is 6.03 Å². The molecule has 1 aromatic rings. The fourth-order valence-electron chi connectivity index (χ4n) is 1.89. The molecular weight excluding hydrogens is 206 g/mol. The lowest BCUT2D eigenvalue weighted by Gasteiger charge is -2.26. The second-order valence-corrected chi connectivity index (χ2v) is 3.66. The summed E-state index contributed by atoms with van der Waals surface area (Å²) in [6.45, 7) is 0. The van der Waals surface area contributed by atoms with Crippen LogP contribution in [0.2, 0.25) is 0 Å². The largest absolute Gasteiger partial charge is 0.388 e. The summed E-state index contributed by atoms with van der Waals surface area (Å²) in [6.07, 6.45) is 0.969. The zero-order valence-electron chi connectivity index (χ0n) is 8.99. The van der Waals surface area contributed by atoms with Gasteiger partial charge in [-0.1, -0.05) is 0 Å². The zero-order valence-corrected chi connectivity index (χ0v) is 8.99. The number of nitrogens with zero attached hydrogens (tertiary/aromatic N) is 1. The molecule has 3 amide bonds. The summed E-state index contributed by atoms with van der Waals surface area (Å²) >= 11 is 0. The first kappa shape index (κ1) is 10.5. The van der Waals surface area contributed by atoms with Crippen molar-refractivity contribution >= 4 is 23.3 Å². The number of primary amides is 1. The van der Waals surface area contributed by atoms with E-state index in [1.165, 1.54) is 0 Å². The van der Waals surface area contributed by atoms with E-state index in [9.17, 15) is 9.59 Å². The molecule has 1 heterocycles. The fourth-order valence-corrected chi connectivity index (χ4v) is 1.89. The van der Waals surface area contributed by atoms with Crippen LogP contribution in [0.15, 0.2) is 18.2 Å². The molecule has 0 atom stereocenters. The van der Waals surface area contributed by atoms with Gasteiger partial charge in [0.05, 0.1) is 5.69 Å². The van der Waals surface area contributed by atoms with Gasteiger partial charge in [0.15, 0.2) is 0 Å². The van der Waals surface area contributed by atoms with Crippen LogP contribution >= 0.6 is 0 Å². The van der Waals surface area contributed by atoms with Crippen molar-refractivity contribution in [2.45, 2.75) is 12.8 Å². The number of carbonyl (C=O) groups excluding carboxylic acids is 2. The molecule has 0 fully saturated rings. The summed E-state index contributed by atoms with van der Waals surface area (Å²) in [4.78, 5) is 23.8. The van der Waals surface area contributed by atoms with Gasteiger partial charge in [0.2, 0.25) is 5.91 Å². The number of urea groups is 1. The van der Waals surface area contributed by atoms with Crippen molar-refractivity contribution < 1.29 is 9.59 Å². The minimum absolute atomic E-state index is 0.239. The predicted molar refractivity (Wildman–Crippen MR) is 61.4 cm³/mol. The van der Waals surface area contributed by atoms with E-state index in [-0.39, 0.29) is 5.91 Å². The molecule has 84 valence electrons. The number of aryl methyl sites for hydroxylation is 1. The summed E-state index contributed by atoms with van der Waals surface area (Å²) in [5.74, 6) is -0.239. The lowest BCUT2D eigenvalue weighted by Crippen LogP contribution is -2.43. The van der Waals surface area contributed by atoms with Crippen LogP contribution in [-0.2, 0) is 11.2 Å². The molecular formula is C11H13N3O2. The Morgan fingerprint density at radius 3 is 2.81 bits per heavy atom. The third-order valence-corrected chi connectivity index (χ3v) is 2.69. The zero-order chi connectivity index (χ0) is 11.7. The third kappa shape index (κ3) is 1.60. The van der Waals surface area contributed by atoms with E-state index in [0.717, 1.165) is 16.2 Å². The number of nitrogens with two attached hydrogens (primary N) is 1. The molecule has 0 bridgehead atoms. The van der Waals surface area contributed by atoms with Gasteiger partial charge in [0, 0.05) is 19.2 Å². The minimum Gasteiger partial charge on any atom is -0.388 e. The normalized spacial score (nSPS) is 14.6. The lowest BCUT2D eigenvalue weighted by molar-refractivity contribution is -0.118. The van der Waals surface area contributed by atoms with Gasteiger partial charge in [-0.2, -0.15) is 0 Å². The number of imide groups is 1. The highest BCUT2D eigenvalue weighted by atomic mass is 16.2. The molecule has 0 saturated heterocycles. The van der Waals surface area contributed by atoms with Crippen molar-refractivity contribution in [2.75, 3.05) is 17.3 Å². The van der Waals surface area contributed by atoms with Crippen molar-refractivity contribution in [3.8, 4) is 0 Å². The standard InChI is InChI=1S/C11H13N3O2/c1-13-8-3-4-9-7(6-8)2-5-10(15)14(9)11(12)16/h3-4,6,13H,2,5H2,1H3,(H2,12,16). The lowest BCUT2D eigenvalue weighted by atomic mass is 10.0. The summed E-state index contributed by atoms with van der Waals surface area (Å²) in [6, 6.07) is 4.76. The predicted octanol–water partition coefficient (Wildman–Crippen LogP) is 1.09. The van der Waals surface area contributed by atoms with Gasteiger partial charge in [-0.3, -0.25) is 4.79 Å². The Labute approximate surface area is 93.2 Å². The van der Waals surface area contributed by atoms with Gasteiger partial charge in [-0.15, -0.1) is 0 Å². The van der Waals surface area contributed by atoms with Gasteiger partial charge in [-0.05, 0) is 30.2 Å². The average molecular weight is 219 g/mol. The molecule has 3 N–H and O–H groups in total. The van der Waals surface area contributed by atoms with Crippen molar-refractivity contribution in [3.63, 3.8) is 0 Å². The maximum absolute atomic E-state index is 11.6. The van der Waals surface area contributed by atoms with E-state index in [1.54, 1.807) is 6.07 Å². The van der Waals surface area contributed by atoms with Crippen molar-refractivity contribution in [1.29, 1.82) is 0 Å². The molecule has 0 saturated carbocycles. The van der Waals surface area contributed by atoms with Crippen molar-refractivity contribution in [2.24, 2.45) is 5.73 Å². The Morgan fingerprint density at radius 2 is 2.19 bits per heavy atom. The average Bonchev–Trinajstić information content (AvgIpc) is 2.27. The smallest absolute Gasteiger partial charge is 0.326 e. The quantitative estimate of drug-likeness (QED) is 0.742. The van der Waals surface area contributed by atoms with Crippen LogP contribution in [0.5, 0.6) is 0 Å². The number of carbonyl (C=O) groups is 2.